The van der Waals surface area contributed by atoms with Crippen LogP contribution in [0.2, 0.25) is 5.02 Å². The molecule has 0 spiro atoms. The monoisotopic (exact) mass is 474 g/mol. The summed E-state index contributed by atoms with van der Waals surface area (Å²) in [5.41, 5.74) is 3.80. The molecule has 0 aromatic heterocycles. The van der Waals surface area contributed by atoms with Crippen molar-refractivity contribution >= 4 is 40.4 Å². The minimum Gasteiger partial charge on any atom is -0.507 e. The molecular weight excluding hydrogens is 448 g/mol. The Hall–Kier alpha value is -3.57. The van der Waals surface area contributed by atoms with Crippen molar-refractivity contribution in [3.63, 3.8) is 0 Å². The van der Waals surface area contributed by atoms with Crippen LogP contribution in [0.3, 0.4) is 0 Å². The van der Waals surface area contributed by atoms with Crippen LogP contribution in [0.1, 0.15) is 36.6 Å². The summed E-state index contributed by atoms with van der Waals surface area (Å²) >= 11 is 6.12. The number of amides is 1. The van der Waals surface area contributed by atoms with E-state index in [1.54, 1.807) is 24.3 Å². The molecule has 0 saturated carbocycles. The summed E-state index contributed by atoms with van der Waals surface area (Å²) in [6, 6.07) is 21.1. The van der Waals surface area contributed by atoms with E-state index < -0.39 is 17.7 Å². The molecule has 0 aliphatic carbocycles. The fourth-order valence-electron chi connectivity index (χ4n) is 4.46. The number of rotatable bonds is 6. The lowest BCUT2D eigenvalue weighted by atomic mass is 9.94. The van der Waals surface area contributed by atoms with Crippen LogP contribution in [0, 0.1) is 6.92 Å². The molecule has 3 aromatic carbocycles. The Balaban J connectivity index is 1.88. The predicted octanol–water partition coefficient (Wildman–Crippen LogP) is 6.12. The molecule has 1 heterocycles. The smallest absolute Gasteiger partial charge is 0.300 e. The molecule has 1 aliphatic heterocycles. The van der Waals surface area contributed by atoms with Crippen LogP contribution in [-0.2, 0) is 9.59 Å². The van der Waals surface area contributed by atoms with Crippen LogP contribution in [0.5, 0.6) is 0 Å². The lowest BCUT2D eigenvalue weighted by molar-refractivity contribution is -0.132. The van der Waals surface area contributed by atoms with Gasteiger partial charge < -0.3 is 10.0 Å². The Kier molecular flexibility index (Phi) is 6.75. The number of hydrogen-bond donors (Lipinski definition) is 1. The number of carbonyl (C=O) groups excluding carboxylic acids is 2. The standard InChI is InChI=1S/C28H27ClN2O3/c1-4-30(5-2)22-12-14-23(15-13-22)31-25(19-9-6-8-18(3)16-19)24(27(33)28(31)34)26(32)20-10-7-11-21(29)17-20/h6-17,25,32H,4-5H2,1-3H3/b26-24-. The summed E-state index contributed by atoms with van der Waals surface area (Å²) in [7, 11) is 0. The molecule has 1 N–H and O–H groups in total. The maximum atomic E-state index is 13.3. The molecular formula is C28H27ClN2O3. The molecule has 4 rings (SSSR count). The number of carbonyl (C=O) groups is 2. The van der Waals surface area contributed by atoms with E-state index in [2.05, 4.69) is 18.7 Å². The van der Waals surface area contributed by atoms with Crippen LogP contribution in [0.15, 0.2) is 78.4 Å². The number of anilines is 2. The third kappa shape index (κ3) is 4.31. The quantitative estimate of drug-likeness (QED) is 0.265. The zero-order chi connectivity index (χ0) is 24.4. The average molecular weight is 475 g/mol. The van der Waals surface area contributed by atoms with E-state index in [1.165, 1.54) is 4.90 Å². The molecule has 0 bridgehead atoms. The molecule has 174 valence electrons. The Morgan fingerprint density at radius 3 is 2.26 bits per heavy atom. The van der Waals surface area contributed by atoms with E-state index in [0.717, 1.165) is 29.9 Å². The predicted molar refractivity (Wildman–Crippen MR) is 137 cm³/mol. The molecule has 1 saturated heterocycles. The summed E-state index contributed by atoms with van der Waals surface area (Å²) in [5.74, 6) is -1.64. The highest BCUT2D eigenvalue weighted by molar-refractivity contribution is 6.51. The maximum absolute atomic E-state index is 13.3. The van der Waals surface area contributed by atoms with Crippen molar-refractivity contribution in [2.24, 2.45) is 0 Å². The second kappa shape index (κ2) is 9.74. The zero-order valence-corrected chi connectivity index (χ0v) is 20.2. The third-order valence-corrected chi connectivity index (χ3v) is 6.39. The number of benzene rings is 3. The fourth-order valence-corrected chi connectivity index (χ4v) is 4.65. The lowest BCUT2D eigenvalue weighted by Gasteiger charge is -2.27. The van der Waals surface area contributed by atoms with Crippen LogP contribution in [-0.4, -0.2) is 29.9 Å². The molecule has 1 fully saturated rings. The van der Waals surface area contributed by atoms with Gasteiger partial charge in [-0.1, -0.05) is 53.6 Å². The lowest BCUT2D eigenvalue weighted by Crippen LogP contribution is -2.29. The number of halogens is 1. The van der Waals surface area contributed by atoms with Gasteiger partial charge in [0.1, 0.15) is 5.76 Å². The van der Waals surface area contributed by atoms with E-state index in [4.69, 9.17) is 11.6 Å². The molecule has 1 atom stereocenters. The maximum Gasteiger partial charge on any atom is 0.300 e. The van der Waals surface area contributed by atoms with Gasteiger partial charge in [0.25, 0.3) is 11.7 Å². The van der Waals surface area contributed by atoms with Crippen LogP contribution in [0.25, 0.3) is 5.76 Å². The van der Waals surface area contributed by atoms with Gasteiger partial charge in [-0.15, -0.1) is 0 Å². The molecule has 5 nitrogen and oxygen atoms in total. The SMILES string of the molecule is CCN(CC)c1ccc(N2C(=O)C(=O)/C(=C(\O)c3cccc(Cl)c3)C2c2cccc(C)c2)cc1. The first-order chi connectivity index (χ1) is 16.3. The summed E-state index contributed by atoms with van der Waals surface area (Å²) < 4.78 is 0. The van der Waals surface area contributed by atoms with Gasteiger partial charge in [-0.2, -0.15) is 0 Å². The summed E-state index contributed by atoms with van der Waals surface area (Å²) in [6.07, 6.45) is 0. The van der Waals surface area contributed by atoms with Gasteiger partial charge in [-0.05, 0) is 62.7 Å². The first-order valence-electron chi connectivity index (χ1n) is 11.3. The molecule has 3 aromatic rings. The summed E-state index contributed by atoms with van der Waals surface area (Å²) in [6.45, 7) is 7.85. The van der Waals surface area contributed by atoms with Crippen LogP contribution >= 0.6 is 11.6 Å². The molecule has 0 radical (unpaired) electrons. The Labute approximate surface area is 204 Å². The number of aryl methyl sites for hydroxylation is 1. The van der Waals surface area contributed by atoms with Crippen LogP contribution in [0.4, 0.5) is 11.4 Å². The first kappa shape index (κ1) is 23.6. The molecule has 6 heteroatoms. The minimum absolute atomic E-state index is 0.0469. The minimum atomic E-state index is -0.766. The Morgan fingerprint density at radius 2 is 1.65 bits per heavy atom. The van der Waals surface area contributed by atoms with Crippen molar-refractivity contribution in [3.8, 4) is 0 Å². The largest absolute Gasteiger partial charge is 0.507 e. The van der Waals surface area contributed by atoms with E-state index >= 15 is 0 Å². The fraction of sp³-hybridized carbons (Fsp3) is 0.214. The number of Topliss-reactive ketones (excluding diaryl/α,β-unsaturated/α-hetero) is 1. The third-order valence-electron chi connectivity index (χ3n) is 6.16. The van der Waals surface area contributed by atoms with E-state index in [9.17, 15) is 14.7 Å². The van der Waals surface area contributed by atoms with Gasteiger partial charge in [-0.25, -0.2) is 0 Å². The average Bonchev–Trinajstić information content (AvgIpc) is 3.10. The zero-order valence-electron chi connectivity index (χ0n) is 19.5. The molecule has 1 amide bonds. The molecule has 1 unspecified atom stereocenters. The number of aliphatic hydroxyl groups is 1. The second-order valence-corrected chi connectivity index (χ2v) is 8.72. The summed E-state index contributed by atoms with van der Waals surface area (Å²) in [5, 5.41) is 11.6. The van der Waals surface area contributed by atoms with Crippen molar-refractivity contribution in [3.05, 3.63) is 100 Å². The normalized spacial score (nSPS) is 17.3. The van der Waals surface area contributed by atoms with Gasteiger partial charge in [0.05, 0.1) is 11.6 Å². The summed E-state index contributed by atoms with van der Waals surface area (Å²) in [4.78, 5) is 30.3. The Bertz CT molecular complexity index is 1260. The van der Waals surface area contributed by atoms with Gasteiger partial charge in [0, 0.05) is 35.1 Å². The molecule has 1 aliphatic rings. The highest BCUT2D eigenvalue weighted by Gasteiger charge is 2.47. The van der Waals surface area contributed by atoms with Crippen molar-refractivity contribution < 1.29 is 14.7 Å². The van der Waals surface area contributed by atoms with E-state index in [0.29, 0.717) is 16.3 Å². The van der Waals surface area contributed by atoms with Gasteiger partial charge >= 0.3 is 0 Å². The van der Waals surface area contributed by atoms with Crippen molar-refractivity contribution in [1.29, 1.82) is 0 Å². The van der Waals surface area contributed by atoms with Gasteiger partial charge in [-0.3, -0.25) is 14.5 Å². The number of hydrogen-bond acceptors (Lipinski definition) is 4. The number of aliphatic hydroxyl groups excluding tert-OH is 1. The highest BCUT2D eigenvalue weighted by Crippen LogP contribution is 2.42. The number of nitrogens with zero attached hydrogens (tertiary/aromatic N) is 2. The van der Waals surface area contributed by atoms with Crippen molar-refractivity contribution in [1.82, 2.24) is 0 Å². The molecule has 34 heavy (non-hydrogen) atoms. The van der Waals surface area contributed by atoms with Crippen molar-refractivity contribution in [2.75, 3.05) is 22.9 Å². The second-order valence-electron chi connectivity index (χ2n) is 8.28. The van der Waals surface area contributed by atoms with E-state index in [-0.39, 0.29) is 11.3 Å². The highest BCUT2D eigenvalue weighted by atomic mass is 35.5. The van der Waals surface area contributed by atoms with Gasteiger partial charge in [0.2, 0.25) is 0 Å². The van der Waals surface area contributed by atoms with E-state index in [1.807, 2.05) is 55.5 Å². The topological polar surface area (TPSA) is 60.9 Å². The first-order valence-corrected chi connectivity index (χ1v) is 11.7. The van der Waals surface area contributed by atoms with Crippen LogP contribution < -0.4 is 9.80 Å². The number of ketones is 1. The Morgan fingerprint density at radius 1 is 0.971 bits per heavy atom. The van der Waals surface area contributed by atoms with Gasteiger partial charge in [0.15, 0.2) is 0 Å². The van der Waals surface area contributed by atoms with Crippen molar-refractivity contribution in [2.45, 2.75) is 26.8 Å².